The van der Waals surface area contributed by atoms with Gasteiger partial charge in [-0.2, -0.15) is 5.26 Å². The van der Waals surface area contributed by atoms with E-state index in [0.29, 0.717) is 0 Å². The first-order valence-corrected chi connectivity index (χ1v) is 7.89. The molecular formula is C14H17NO2S. The molecule has 18 heavy (non-hydrogen) atoms. The lowest BCUT2D eigenvalue weighted by Gasteiger charge is -2.25. The molecule has 0 N–H and O–H groups in total. The van der Waals surface area contributed by atoms with Crippen LogP contribution in [0.4, 0.5) is 0 Å². The van der Waals surface area contributed by atoms with Crippen LogP contribution in [0.3, 0.4) is 0 Å². The molecule has 0 spiro atoms. The summed E-state index contributed by atoms with van der Waals surface area (Å²) in [6.07, 6.45) is 4.93. The number of nitriles is 1. The highest BCUT2D eigenvalue weighted by Gasteiger charge is 2.35. The quantitative estimate of drug-likeness (QED) is 0.842. The minimum absolute atomic E-state index is 0.00560. The fourth-order valence-corrected chi connectivity index (χ4v) is 4.37. The molecule has 3 nitrogen and oxygen atoms in total. The fourth-order valence-electron chi connectivity index (χ4n) is 2.62. The van der Waals surface area contributed by atoms with Gasteiger partial charge in [-0.15, -0.1) is 0 Å². The molecule has 0 radical (unpaired) electrons. The summed E-state index contributed by atoms with van der Waals surface area (Å²) in [5.74, 6) is -0.00560. The summed E-state index contributed by atoms with van der Waals surface area (Å²) in [7, 11) is -3.51. The number of rotatable bonds is 3. The molecule has 1 unspecified atom stereocenters. The van der Waals surface area contributed by atoms with Crippen LogP contribution in [-0.4, -0.2) is 13.7 Å². The van der Waals surface area contributed by atoms with Crippen molar-refractivity contribution in [3.8, 4) is 6.07 Å². The van der Waals surface area contributed by atoms with Gasteiger partial charge in [0, 0.05) is 0 Å². The van der Waals surface area contributed by atoms with Gasteiger partial charge in [0.15, 0.2) is 15.1 Å². The van der Waals surface area contributed by atoms with E-state index in [4.69, 9.17) is 0 Å². The number of benzene rings is 1. The van der Waals surface area contributed by atoms with Crippen LogP contribution < -0.4 is 0 Å². The van der Waals surface area contributed by atoms with E-state index in [1.54, 1.807) is 30.3 Å². The maximum absolute atomic E-state index is 12.4. The fraction of sp³-hybridized carbons (Fsp3) is 0.500. The van der Waals surface area contributed by atoms with Gasteiger partial charge in [-0.25, -0.2) is 8.42 Å². The van der Waals surface area contributed by atoms with E-state index in [0.717, 1.165) is 32.1 Å². The van der Waals surface area contributed by atoms with E-state index in [2.05, 4.69) is 0 Å². The molecule has 0 aromatic heterocycles. The predicted octanol–water partition coefficient (Wildman–Crippen LogP) is 2.93. The van der Waals surface area contributed by atoms with E-state index in [-0.39, 0.29) is 10.8 Å². The summed E-state index contributed by atoms with van der Waals surface area (Å²) in [5.41, 5.74) is 0. The van der Waals surface area contributed by atoms with Crippen molar-refractivity contribution in [3.05, 3.63) is 30.3 Å². The second-order valence-electron chi connectivity index (χ2n) is 4.81. The molecule has 0 bridgehead atoms. The minimum atomic E-state index is -3.51. The molecule has 1 aliphatic carbocycles. The number of hydrogen-bond donors (Lipinski definition) is 0. The average molecular weight is 263 g/mol. The van der Waals surface area contributed by atoms with Crippen LogP contribution in [-0.2, 0) is 9.84 Å². The summed E-state index contributed by atoms with van der Waals surface area (Å²) in [6.45, 7) is 0. The third-order valence-electron chi connectivity index (χ3n) is 3.61. The number of sulfone groups is 1. The van der Waals surface area contributed by atoms with Crippen molar-refractivity contribution >= 4 is 9.84 Å². The maximum Gasteiger partial charge on any atom is 0.194 e. The van der Waals surface area contributed by atoms with Crippen molar-refractivity contribution in [3.63, 3.8) is 0 Å². The van der Waals surface area contributed by atoms with Crippen LogP contribution in [0.2, 0.25) is 0 Å². The summed E-state index contributed by atoms with van der Waals surface area (Å²) < 4.78 is 24.9. The summed E-state index contributed by atoms with van der Waals surface area (Å²) in [6, 6.07) is 10.3. The molecular weight excluding hydrogens is 246 g/mol. The molecule has 1 saturated carbocycles. The van der Waals surface area contributed by atoms with Gasteiger partial charge in [0.1, 0.15) is 0 Å². The first-order chi connectivity index (χ1) is 8.66. The van der Waals surface area contributed by atoms with Crippen molar-refractivity contribution < 1.29 is 8.42 Å². The average Bonchev–Trinajstić information content (AvgIpc) is 2.41. The Morgan fingerprint density at radius 2 is 1.72 bits per heavy atom. The Kier molecular flexibility index (Phi) is 4.03. The first-order valence-electron chi connectivity index (χ1n) is 6.35. The van der Waals surface area contributed by atoms with Gasteiger partial charge in [-0.3, -0.25) is 0 Å². The highest BCUT2D eigenvalue weighted by Crippen LogP contribution is 2.32. The maximum atomic E-state index is 12.4. The predicted molar refractivity (Wildman–Crippen MR) is 69.6 cm³/mol. The van der Waals surface area contributed by atoms with Crippen LogP contribution in [0.15, 0.2) is 35.2 Å². The lowest BCUT2D eigenvalue weighted by molar-refractivity contribution is 0.362. The van der Waals surface area contributed by atoms with Gasteiger partial charge in [0.2, 0.25) is 0 Å². The normalized spacial score (nSPS) is 19.1. The highest BCUT2D eigenvalue weighted by molar-refractivity contribution is 7.92. The van der Waals surface area contributed by atoms with Gasteiger partial charge >= 0.3 is 0 Å². The van der Waals surface area contributed by atoms with Crippen molar-refractivity contribution in [2.24, 2.45) is 5.92 Å². The third kappa shape index (κ3) is 2.56. The molecule has 0 amide bonds. The van der Waals surface area contributed by atoms with Gasteiger partial charge in [-0.05, 0) is 30.9 Å². The van der Waals surface area contributed by atoms with Crippen molar-refractivity contribution in [1.82, 2.24) is 0 Å². The van der Waals surface area contributed by atoms with Crippen LogP contribution in [0.5, 0.6) is 0 Å². The molecule has 1 fully saturated rings. The topological polar surface area (TPSA) is 57.9 Å². The Morgan fingerprint density at radius 1 is 1.11 bits per heavy atom. The molecule has 1 aromatic rings. The van der Waals surface area contributed by atoms with E-state index in [1.807, 2.05) is 6.07 Å². The monoisotopic (exact) mass is 263 g/mol. The molecule has 1 atom stereocenters. The smallest absolute Gasteiger partial charge is 0.194 e. The SMILES string of the molecule is N#CC(C1CCCCC1)S(=O)(=O)c1ccccc1. The van der Waals surface area contributed by atoms with Crippen molar-refractivity contribution in [1.29, 1.82) is 5.26 Å². The molecule has 1 aliphatic rings. The Hall–Kier alpha value is -1.34. The van der Waals surface area contributed by atoms with E-state index in [9.17, 15) is 13.7 Å². The van der Waals surface area contributed by atoms with Crippen molar-refractivity contribution in [2.45, 2.75) is 42.2 Å². The second-order valence-corrected chi connectivity index (χ2v) is 6.88. The lowest BCUT2D eigenvalue weighted by Crippen LogP contribution is -2.30. The number of hydrogen-bond acceptors (Lipinski definition) is 3. The zero-order chi connectivity index (χ0) is 13.0. The van der Waals surface area contributed by atoms with Crippen LogP contribution >= 0.6 is 0 Å². The summed E-state index contributed by atoms with van der Waals surface area (Å²) in [5, 5.41) is 8.36. The Balaban J connectivity index is 2.30. The van der Waals surface area contributed by atoms with E-state index >= 15 is 0 Å². The van der Waals surface area contributed by atoms with Gasteiger partial charge < -0.3 is 0 Å². The van der Waals surface area contributed by atoms with Crippen LogP contribution in [0, 0.1) is 17.2 Å². The van der Waals surface area contributed by atoms with Gasteiger partial charge in [-0.1, -0.05) is 37.5 Å². The molecule has 1 aromatic carbocycles. The van der Waals surface area contributed by atoms with E-state index < -0.39 is 15.1 Å². The minimum Gasteiger partial charge on any atom is -0.222 e. The summed E-state index contributed by atoms with van der Waals surface area (Å²) >= 11 is 0. The first kappa shape index (κ1) is 13.1. The Morgan fingerprint density at radius 3 is 2.28 bits per heavy atom. The zero-order valence-corrected chi connectivity index (χ0v) is 11.1. The van der Waals surface area contributed by atoms with Crippen LogP contribution in [0.1, 0.15) is 32.1 Å². The second kappa shape index (κ2) is 5.53. The lowest BCUT2D eigenvalue weighted by atomic mass is 9.87. The Labute approximate surface area is 108 Å². The van der Waals surface area contributed by atoms with Crippen LogP contribution in [0.25, 0.3) is 0 Å². The van der Waals surface area contributed by atoms with Gasteiger partial charge in [0.25, 0.3) is 0 Å². The van der Waals surface area contributed by atoms with Crippen molar-refractivity contribution in [2.75, 3.05) is 0 Å². The zero-order valence-electron chi connectivity index (χ0n) is 10.2. The largest absolute Gasteiger partial charge is 0.222 e. The number of nitrogens with zero attached hydrogens (tertiary/aromatic N) is 1. The molecule has 96 valence electrons. The standard InChI is InChI=1S/C14H17NO2S/c15-11-14(12-7-3-1-4-8-12)18(16,17)13-9-5-2-6-10-13/h2,5-6,9-10,12,14H,1,3-4,7-8H2. The molecule has 0 heterocycles. The van der Waals surface area contributed by atoms with Gasteiger partial charge in [0.05, 0.1) is 11.0 Å². The highest BCUT2D eigenvalue weighted by atomic mass is 32.2. The summed E-state index contributed by atoms with van der Waals surface area (Å²) in [4.78, 5) is 0.266. The molecule has 4 heteroatoms. The molecule has 0 saturated heterocycles. The Bertz CT molecular complexity index is 525. The van der Waals surface area contributed by atoms with E-state index in [1.165, 1.54) is 0 Å². The molecule has 2 rings (SSSR count). The molecule has 0 aliphatic heterocycles. The third-order valence-corrected chi connectivity index (χ3v) is 5.70.